The van der Waals surface area contributed by atoms with Gasteiger partial charge in [-0.2, -0.15) is 4.31 Å². The lowest BCUT2D eigenvalue weighted by molar-refractivity contribution is 0.0691. The van der Waals surface area contributed by atoms with E-state index in [0.717, 1.165) is 12.3 Å². The molecule has 1 aliphatic heterocycles. The molecule has 0 atom stereocenters. The van der Waals surface area contributed by atoms with E-state index in [0.29, 0.717) is 0 Å². The van der Waals surface area contributed by atoms with Crippen molar-refractivity contribution in [3.8, 4) is 0 Å². The molecule has 2 rings (SSSR count). The van der Waals surface area contributed by atoms with E-state index in [9.17, 15) is 18.0 Å². The van der Waals surface area contributed by atoms with Crippen LogP contribution in [0.2, 0.25) is 0 Å². The molecule has 0 saturated carbocycles. The summed E-state index contributed by atoms with van der Waals surface area (Å²) in [5.74, 6) is -1.23. The van der Waals surface area contributed by atoms with Crippen molar-refractivity contribution in [3.63, 3.8) is 0 Å². The zero-order valence-electron chi connectivity index (χ0n) is 11.3. The fourth-order valence-corrected chi connectivity index (χ4v) is 3.45. The highest BCUT2D eigenvalue weighted by Crippen LogP contribution is 2.18. The van der Waals surface area contributed by atoms with Crippen molar-refractivity contribution in [3.05, 3.63) is 18.0 Å². The molecule has 1 aromatic heterocycles. The molecule has 0 unspecified atom stereocenters. The Bertz CT molecular complexity index is 645. The van der Waals surface area contributed by atoms with Crippen molar-refractivity contribution >= 4 is 22.1 Å². The van der Waals surface area contributed by atoms with Crippen molar-refractivity contribution in [2.75, 3.05) is 33.3 Å². The van der Waals surface area contributed by atoms with Gasteiger partial charge in [-0.15, -0.1) is 0 Å². The quantitative estimate of drug-likeness (QED) is 0.795. The maximum atomic E-state index is 12.3. The zero-order valence-corrected chi connectivity index (χ0v) is 12.1. The number of hydrogen-bond donors (Lipinski definition) is 2. The minimum absolute atomic E-state index is 0.105. The summed E-state index contributed by atoms with van der Waals surface area (Å²) in [5.41, 5.74) is -0.193. The predicted octanol–water partition coefficient (Wildman–Crippen LogP) is -0.214. The summed E-state index contributed by atoms with van der Waals surface area (Å²) >= 11 is 0. The van der Waals surface area contributed by atoms with Crippen LogP contribution in [0, 0.1) is 0 Å². The molecule has 0 radical (unpaired) electrons. The van der Waals surface area contributed by atoms with Crippen molar-refractivity contribution in [2.24, 2.45) is 0 Å². The van der Waals surface area contributed by atoms with Gasteiger partial charge < -0.3 is 19.7 Å². The highest BCUT2D eigenvalue weighted by Gasteiger charge is 2.31. The van der Waals surface area contributed by atoms with Crippen LogP contribution in [0.25, 0.3) is 0 Å². The van der Waals surface area contributed by atoms with Gasteiger partial charge >= 0.3 is 12.1 Å². The molecule has 10 heteroatoms. The normalized spacial score (nSPS) is 16.7. The summed E-state index contributed by atoms with van der Waals surface area (Å²) in [6, 6.07) is 1.07. The number of nitrogens with one attached hydrogen (secondary N) is 1. The summed E-state index contributed by atoms with van der Waals surface area (Å²) in [5, 5.41) is 8.80. The lowest BCUT2D eigenvalue weighted by atomic mass is 10.4. The first-order valence-corrected chi connectivity index (χ1v) is 7.55. The largest absolute Gasteiger partial charge is 0.477 e. The van der Waals surface area contributed by atoms with Gasteiger partial charge in [0.2, 0.25) is 10.0 Å². The van der Waals surface area contributed by atoms with E-state index < -0.39 is 22.1 Å². The summed E-state index contributed by atoms with van der Waals surface area (Å²) in [4.78, 5) is 25.8. The van der Waals surface area contributed by atoms with E-state index in [1.165, 1.54) is 16.3 Å². The first-order chi connectivity index (χ1) is 9.86. The van der Waals surface area contributed by atoms with E-state index in [1.807, 2.05) is 0 Å². The Morgan fingerprint density at radius 2 is 1.90 bits per heavy atom. The number of carboxylic acids is 1. The number of rotatable bonds is 3. The molecular weight excluding hydrogens is 302 g/mol. The first kappa shape index (κ1) is 15.3. The van der Waals surface area contributed by atoms with E-state index in [-0.39, 0.29) is 36.8 Å². The van der Waals surface area contributed by atoms with Crippen LogP contribution in [0.3, 0.4) is 0 Å². The highest BCUT2D eigenvalue weighted by molar-refractivity contribution is 7.89. The predicted molar refractivity (Wildman–Crippen MR) is 70.5 cm³/mol. The van der Waals surface area contributed by atoms with Gasteiger partial charge in [-0.25, -0.2) is 18.0 Å². The number of ether oxygens (including phenoxy) is 1. The van der Waals surface area contributed by atoms with E-state index >= 15 is 0 Å². The number of carbonyl (C=O) groups is 2. The molecule has 0 spiro atoms. The van der Waals surface area contributed by atoms with Gasteiger partial charge in [-0.1, -0.05) is 0 Å². The minimum atomic E-state index is -3.77. The molecule has 0 aliphatic carbocycles. The number of carbonyl (C=O) groups excluding carboxylic acids is 1. The second-order valence-electron chi connectivity index (χ2n) is 4.42. The number of nitrogens with zero attached hydrogens (tertiary/aromatic N) is 2. The Kier molecular flexibility index (Phi) is 4.19. The monoisotopic (exact) mass is 317 g/mol. The van der Waals surface area contributed by atoms with Crippen LogP contribution >= 0.6 is 0 Å². The molecule has 0 bridgehead atoms. The zero-order chi connectivity index (χ0) is 15.6. The van der Waals surface area contributed by atoms with E-state index in [4.69, 9.17) is 5.11 Å². The van der Waals surface area contributed by atoms with Crippen LogP contribution < -0.4 is 0 Å². The number of aromatic amines is 1. The molecule has 0 aromatic carbocycles. The number of H-pyrrole nitrogens is 1. The Morgan fingerprint density at radius 3 is 2.38 bits per heavy atom. The standard InChI is InChI=1S/C11H15N3O6S/c1-20-11(17)13-2-4-14(5-3-13)21(18,19)8-6-9(10(15)16)12-7-8/h6-7,12H,2-5H2,1H3,(H,15,16). The van der Waals surface area contributed by atoms with Gasteiger partial charge in [0.25, 0.3) is 0 Å². The molecule has 1 fully saturated rings. The number of carboxylic acid groups (broad SMARTS) is 1. The van der Waals surface area contributed by atoms with Crippen molar-refractivity contribution < 1.29 is 27.9 Å². The molecule has 1 saturated heterocycles. The van der Waals surface area contributed by atoms with Crippen LogP contribution in [-0.4, -0.2) is 73.1 Å². The molecule has 116 valence electrons. The summed E-state index contributed by atoms with van der Waals surface area (Å²) in [6.07, 6.45) is 0.646. The molecular formula is C11H15N3O6S. The van der Waals surface area contributed by atoms with Gasteiger partial charge in [0.1, 0.15) is 10.6 Å². The number of amides is 1. The number of methoxy groups -OCH3 is 1. The van der Waals surface area contributed by atoms with E-state index in [1.54, 1.807) is 0 Å². The number of hydrogen-bond acceptors (Lipinski definition) is 5. The number of piperazine rings is 1. The smallest absolute Gasteiger partial charge is 0.409 e. The van der Waals surface area contributed by atoms with Crippen LogP contribution in [0.1, 0.15) is 10.5 Å². The Hall–Kier alpha value is -2.07. The maximum Gasteiger partial charge on any atom is 0.409 e. The van der Waals surface area contributed by atoms with Gasteiger partial charge in [0.05, 0.1) is 7.11 Å². The van der Waals surface area contributed by atoms with Gasteiger partial charge in [-0.3, -0.25) is 0 Å². The highest BCUT2D eigenvalue weighted by atomic mass is 32.2. The van der Waals surface area contributed by atoms with Crippen molar-refractivity contribution in [2.45, 2.75) is 4.90 Å². The SMILES string of the molecule is COC(=O)N1CCN(S(=O)(=O)c2c[nH]c(C(=O)O)c2)CC1. The average molecular weight is 317 g/mol. The Balaban J connectivity index is 2.11. The molecule has 9 nitrogen and oxygen atoms in total. The second kappa shape index (κ2) is 5.74. The molecule has 21 heavy (non-hydrogen) atoms. The molecule has 1 aromatic rings. The second-order valence-corrected chi connectivity index (χ2v) is 6.35. The molecule has 1 aliphatic rings. The third kappa shape index (κ3) is 3.00. The number of aromatic nitrogens is 1. The number of aromatic carboxylic acids is 1. The van der Waals surface area contributed by atoms with Crippen molar-refractivity contribution in [1.82, 2.24) is 14.2 Å². The lowest BCUT2D eigenvalue weighted by Crippen LogP contribution is -2.50. The minimum Gasteiger partial charge on any atom is -0.477 e. The Labute approximate surface area is 121 Å². The van der Waals surface area contributed by atoms with Crippen LogP contribution in [0.15, 0.2) is 17.2 Å². The fraction of sp³-hybridized carbons (Fsp3) is 0.455. The van der Waals surface area contributed by atoms with Crippen LogP contribution in [0.4, 0.5) is 4.79 Å². The molecule has 1 amide bonds. The fourth-order valence-electron chi connectivity index (χ4n) is 2.04. The first-order valence-electron chi connectivity index (χ1n) is 6.11. The van der Waals surface area contributed by atoms with E-state index in [2.05, 4.69) is 9.72 Å². The summed E-state index contributed by atoms with van der Waals surface area (Å²) in [6.45, 7) is 0.709. The van der Waals surface area contributed by atoms with Gasteiger partial charge in [0, 0.05) is 32.4 Å². The van der Waals surface area contributed by atoms with Crippen LogP contribution in [0.5, 0.6) is 0 Å². The maximum absolute atomic E-state index is 12.3. The average Bonchev–Trinajstić information content (AvgIpc) is 2.97. The summed E-state index contributed by atoms with van der Waals surface area (Å²) in [7, 11) is -2.51. The Morgan fingerprint density at radius 1 is 1.29 bits per heavy atom. The topological polar surface area (TPSA) is 120 Å². The van der Waals surface area contributed by atoms with Gasteiger partial charge in [0.15, 0.2) is 0 Å². The number of sulfonamides is 1. The molecule has 2 N–H and O–H groups in total. The molecule has 2 heterocycles. The third-order valence-electron chi connectivity index (χ3n) is 3.20. The van der Waals surface area contributed by atoms with Crippen molar-refractivity contribution in [1.29, 1.82) is 0 Å². The lowest BCUT2D eigenvalue weighted by Gasteiger charge is -2.32. The van der Waals surface area contributed by atoms with Gasteiger partial charge in [-0.05, 0) is 6.07 Å². The third-order valence-corrected chi connectivity index (χ3v) is 5.07. The summed E-state index contributed by atoms with van der Waals surface area (Å²) < 4.78 is 30.5. The van der Waals surface area contributed by atoms with Crippen LogP contribution in [-0.2, 0) is 14.8 Å².